The second-order valence-electron chi connectivity index (χ2n) is 4.57. The van der Waals surface area contributed by atoms with Gasteiger partial charge in [-0.25, -0.2) is 0 Å². The summed E-state index contributed by atoms with van der Waals surface area (Å²) < 4.78 is 11.0. The lowest BCUT2D eigenvalue weighted by Gasteiger charge is -2.12. The maximum absolute atomic E-state index is 8.84. The Morgan fingerprint density at radius 1 is 1.13 bits per heavy atom. The Morgan fingerprint density at radius 2 is 1.87 bits per heavy atom. The summed E-state index contributed by atoms with van der Waals surface area (Å²) in [5, 5.41) is 18.2. The molecule has 114 valence electrons. The fourth-order valence-electron chi connectivity index (χ4n) is 1.97. The average molecular weight is 325 g/mol. The first-order valence-corrected chi connectivity index (χ1v) is 7.12. The van der Waals surface area contributed by atoms with Crippen molar-refractivity contribution >= 4 is 17.7 Å². The number of hydrogen-bond donors (Lipinski definition) is 0. The summed E-state index contributed by atoms with van der Waals surface area (Å²) in [5.41, 5.74) is 1.55. The topological polar surface area (TPSA) is 66.0 Å². The number of nitriles is 2. The molecule has 0 N–H and O–H groups in total. The van der Waals surface area contributed by atoms with Gasteiger partial charge in [0.25, 0.3) is 0 Å². The van der Waals surface area contributed by atoms with Crippen molar-refractivity contribution in [2.45, 2.75) is 6.61 Å². The lowest BCUT2D eigenvalue weighted by Crippen LogP contribution is -1.99. The Hall–Kier alpha value is -2.95. The van der Waals surface area contributed by atoms with E-state index in [1.54, 1.807) is 31.4 Å². The molecule has 0 atom stereocenters. The number of nitrogens with zero attached hydrogens (tertiary/aromatic N) is 2. The van der Waals surface area contributed by atoms with Crippen LogP contribution in [-0.2, 0) is 6.61 Å². The molecular formula is C18H13ClN2O2. The zero-order valence-electron chi connectivity index (χ0n) is 12.4. The van der Waals surface area contributed by atoms with Gasteiger partial charge in [0.15, 0.2) is 0 Å². The van der Waals surface area contributed by atoms with E-state index in [0.29, 0.717) is 16.5 Å². The molecule has 0 bridgehead atoms. The Balaban J connectivity index is 2.27. The molecule has 0 fully saturated rings. The van der Waals surface area contributed by atoms with E-state index in [2.05, 4.69) is 0 Å². The van der Waals surface area contributed by atoms with Gasteiger partial charge in [0.2, 0.25) is 0 Å². The summed E-state index contributed by atoms with van der Waals surface area (Å²) in [4.78, 5) is 0. The lowest BCUT2D eigenvalue weighted by atomic mass is 10.1. The molecule has 0 aliphatic rings. The van der Waals surface area contributed by atoms with Crippen molar-refractivity contribution in [1.82, 2.24) is 0 Å². The van der Waals surface area contributed by atoms with Crippen molar-refractivity contribution in [2.24, 2.45) is 0 Å². The predicted molar refractivity (Wildman–Crippen MR) is 88.0 cm³/mol. The molecule has 0 aliphatic heterocycles. The summed E-state index contributed by atoms with van der Waals surface area (Å²) in [6.07, 6.45) is 1.51. The first-order chi connectivity index (χ1) is 11.2. The fraction of sp³-hybridized carbons (Fsp3) is 0.111. The third kappa shape index (κ3) is 4.26. The molecule has 5 heteroatoms. The molecule has 0 heterocycles. The van der Waals surface area contributed by atoms with Gasteiger partial charge < -0.3 is 9.47 Å². The van der Waals surface area contributed by atoms with E-state index in [4.69, 9.17) is 31.6 Å². The first-order valence-electron chi connectivity index (χ1n) is 6.74. The quantitative estimate of drug-likeness (QED) is 0.766. The smallest absolute Gasteiger partial charge is 0.138 e. The zero-order valence-corrected chi connectivity index (χ0v) is 13.2. The second kappa shape index (κ2) is 7.89. The predicted octanol–water partition coefficient (Wildman–Crippen LogP) is 4.36. The highest BCUT2D eigenvalue weighted by molar-refractivity contribution is 6.32. The number of allylic oxidation sites excluding steroid dienone is 1. The van der Waals surface area contributed by atoms with Crippen molar-refractivity contribution in [3.05, 3.63) is 64.2 Å². The molecule has 2 aromatic rings. The number of ether oxygens (including phenoxy) is 2. The summed E-state index contributed by atoms with van der Waals surface area (Å²) in [7, 11) is 1.57. The number of halogens is 1. The normalized spacial score (nSPS) is 9.39. The Labute approximate surface area is 139 Å². The van der Waals surface area contributed by atoms with E-state index >= 15 is 0 Å². The van der Waals surface area contributed by atoms with Crippen molar-refractivity contribution in [2.75, 3.05) is 7.11 Å². The minimum Gasteiger partial charge on any atom is -0.496 e. The van der Waals surface area contributed by atoms with E-state index in [9.17, 15) is 0 Å². The second-order valence-corrected chi connectivity index (χ2v) is 4.98. The van der Waals surface area contributed by atoms with E-state index in [0.717, 1.165) is 11.1 Å². The summed E-state index contributed by atoms with van der Waals surface area (Å²) in [6.45, 7) is 0.253. The van der Waals surface area contributed by atoms with E-state index in [-0.39, 0.29) is 12.2 Å². The standard InChI is InChI=1S/C18H13ClN2O2/c1-22-17-7-6-13(8-14(10-20)11-21)9-15(17)12-23-18-5-3-2-4-16(18)19/h2-9H,12H2,1H3. The molecule has 0 saturated heterocycles. The molecule has 0 spiro atoms. The Kier molecular flexibility index (Phi) is 5.63. The van der Waals surface area contributed by atoms with Crippen LogP contribution in [0.5, 0.6) is 11.5 Å². The number of para-hydroxylation sites is 1. The molecule has 0 saturated carbocycles. The lowest BCUT2D eigenvalue weighted by molar-refractivity contribution is 0.297. The highest BCUT2D eigenvalue weighted by Crippen LogP contribution is 2.27. The van der Waals surface area contributed by atoms with Gasteiger partial charge in [0.05, 0.1) is 12.1 Å². The molecule has 0 aliphatic carbocycles. The first kappa shape index (κ1) is 16.4. The molecule has 0 unspecified atom stereocenters. The van der Waals surface area contributed by atoms with Gasteiger partial charge in [0.1, 0.15) is 35.8 Å². The summed E-state index contributed by atoms with van der Waals surface area (Å²) in [6, 6.07) is 16.2. The van der Waals surface area contributed by atoms with Crippen molar-refractivity contribution in [3.63, 3.8) is 0 Å². The minimum absolute atomic E-state index is 0.0353. The van der Waals surface area contributed by atoms with Crippen LogP contribution in [-0.4, -0.2) is 7.11 Å². The number of methoxy groups -OCH3 is 1. The summed E-state index contributed by atoms with van der Waals surface area (Å²) in [5.74, 6) is 1.23. The average Bonchev–Trinajstić information content (AvgIpc) is 2.59. The van der Waals surface area contributed by atoms with Crippen molar-refractivity contribution in [3.8, 4) is 23.6 Å². The maximum Gasteiger partial charge on any atom is 0.138 e. The van der Waals surface area contributed by atoms with Crippen LogP contribution in [0.15, 0.2) is 48.0 Å². The zero-order chi connectivity index (χ0) is 16.7. The van der Waals surface area contributed by atoms with Crippen molar-refractivity contribution < 1.29 is 9.47 Å². The Morgan fingerprint density at radius 3 is 2.52 bits per heavy atom. The number of hydrogen-bond acceptors (Lipinski definition) is 4. The van der Waals surface area contributed by atoms with Crippen LogP contribution in [0.1, 0.15) is 11.1 Å². The van der Waals surface area contributed by atoms with E-state index in [1.807, 2.05) is 30.3 Å². The number of rotatable bonds is 5. The van der Waals surface area contributed by atoms with Crippen LogP contribution in [0.3, 0.4) is 0 Å². The maximum atomic E-state index is 8.84. The van der Waals surface area contributed by atoms with Crippen LogP contribution in [0.25, 0.3) is 6.08 Å². The van der Waals surface area contributed by atoms with Gasteiger partial charge in [0, 0.05) is 5.56 Å². The monoisotopic (exact) mass is 324 g/mol. The van der Waals surface area contributed by atoms with Gasteiger partial charge in [-0.05, 0) is 35.9 Å². The molecule has 2 aromatic carbocycles. The minimum atomic E-state index is 0.0353. The van der Waals surface area contributed by atoms with Crippen molar-refractivity contribution in [1.29, 1.82) is 10.5 Å². The number of benzene rings is 2. The van der Waals surface area contributed by atoms with Gasteiger partial charge in [-0.2, -0.15) is 10.5 Å². The summed E-state index contributed by atoms with van der Waals surface area (Å²) >= 11 is 6.06. The molecule has 2 rings (SSSR count). The molecule has 4 nitrogen and oxygen atoms in total. The SMILES string of the molecule is COc1ccc(C=C(C#N)C#N)cc1COc1ccccc1Cl. The molecule has 23 heavy (non-hydrogen) atoms. The van der Waals surface area contributed by atoms with Crippen LogP contribution < -0.4 is 9.47 Å². The molecular weight excluding hydrogens is 312 g/mol. The molecule has 0 amide bonds. The van der Waals surface area contributed by atoms with E-state index < -0.39 is 0 Å². The third-order valence-corrected chi connectivity index (χ3v) is 3.39. The fourth-order valence-corrected chi connectivity index (χ4v) is 2.16. The van der Waals surface area contributed by atoms with Crippen LogP contribution >= 0.6 is 11.6 Å². The third-order valence-electron chi connectivity index (χ3n) is 3.08. The largest absolute Gasteiger partial charge is 0.496 e. The van der Waals surface area contributed by atoms with Crippen LogP contribution in [0, 0.1) is 22.7 Å². The Bertz CT molecular complexity index is 801. The van der Waals surface area contributed by atoms with Crippen LogP contribution in [0.4, 0.5) is 0 Å². The molecule has 0 radical (unpaired) electrons. The van der Waals surface area contributed by atoms with Gasteiger partial charge >= 0.3 is 0 Å². The molecule has 0 aromatic heterocycles. The van der Waals surface area contributed by atoms with Gasteiger partial charge in [-0.15, -0.1) is 0 Å². The van der Waals surface area contributed by atoms with Gasteiger partial charge in [-0.3, -0.25) is 0 Å². The highest BCUT2D eigenvalue weighted by Gasteiger charge is 2.07. The highest BCUT2D eigenvalue weighted by atomic mass is 35.5. The van der Waals surface area contributed by atoms with Crippen LogP contribution in [0.2, 0.25) is 5.02 Å². The van der Waals surface area contributed by atoms with Gasteiger partial charge in [-0.1, -0.05) is 29.8 Å². The van der Waals surface area contributed by atoms with E-state index in [1.165, 1.54) is 6.08 Å².